The zero-order chi connectivity index (χ0) is 26.0. The number of hydrogen-bond donors (Lipinski definition) is 1. The summed E-state index contributed by atoms with van der Waals surface area (Å²) in [4.78, 5) is 1.28. The molecule has 1 atom stereocenters. The molecule has 3 aromatic carbocycles. The van der Waals surface area contributed by atoms with E-state index in [2.05, 4.69) is 92.9 Å². The van der Waals surface area contributed by atoms with Gasteiger partial charge in [-0.25, -0.2) is 8.70 Å². The van der Waals surface area contributed by atoms with E-state index in [1.807, 2.05) is 24.1 Å². The molecule has 3 rings (SSSR count). The second kappa shape index (κ2) is 14.0. The van der Waals surface area contributed by atoms with Gasteiger partial charge in [-0.3, -0.25) is 0 Å². The van der Waals surface area contributed by atoms with Crippen LogP contribution in [0.3, 0.4) is 0 Å². The SMILES string of the molecule is CCCc1cccc(-c2cccc(SN(C)CC(C)CNC(C)(C)CCCc3ccc(F)cc3)c2)c1. The number of hydrogen-bond acceptors (Lipinski definition) is 3. The minimum absolute atomic E-state index is 0.0840. The fourth-order valence-corrected chi connectivity index (χ4v) is 5.58. The van der Waals surface area contributed by atoms with Gasteiger partial charge in [-0.1, -0.05) is 68.8 Å². The van der Waals surface area contributed by atoms with Crippen LogP contribution in [0.25, 0.3) is 11.1 Å². The Kier molecular flexibility index (Phi) is 11.0. The van der Waals surface area contributed by atoms with Crippen molar-refractivity contribution in [2.75, 3.05) is 20.1 Å². The van der Waals surface area contributed by atoms with Crippen molar-refractivity contribution in [3.8, 4) is 11.1 Å². The van der Waals surface area contributed by atoms with Crippen LogP contribution in [-0.2, 0) is 12.8 Å². The zero-order valence-corrected chi connectivity index (χ0v) is 23.5. The highest BCUT2D eigenvalue weighted by molar-refractivity contribution is 7.97. The maximum Gasteiger partial charge on any atom is 0.123 e. The first-order valence-corrected chi connectivity index (χ1v) is 14.1. The molecule has 1 unspecified atom stereocenters. The minimum atomic E-state index is -0.164. The van der Waals surface area contributed by atoms with Crippen LogP contribution < -0.4 is 5.32 Å². The normalized spacial score (nSPS) is 12.8. The van der Waals surface area contributed by atoms with E-state index in [0.717, 1.165) is 38.8 Å². The van der Waals surface area contributed by atoms with Gasteiger partial charge in [-0.15, -0.1) is 0 Å². The van der Waals surface area contributed by atoms with Crippen molar-refractivity contribution in [3.63, 3.8) is 0 Å². The number of nitrogens with one attached hydrogen (secondary N) is 1. The summed E-state index contributed by atoms with van der Waals surface area (Å²) in [6.07, 6.45) is 5.47. The zero-order valence-electron chi connectivity index (χ0n) is 22.7. The summed E-state index contributed by atoms with van der Waals surface area (Å²) in [5, 5.41) is 3.77. The standard InChI is InChI=1S/C32H43FN2S/c1-6-10-27-11-7-13-28(21-27)29-14-8-15-31(22-29)36-35(5)24-25(2)23-34-32(3,4)20-9-12-26-16-18-30(33)19-17-26/h7-8,11,13-19,21-22,25,34H,6,9-10,12,20,23-24H2,1-5H3. The molecule has 2 nitrogen and oxygen atoms in total. The lowest BCUT2D eigenvalue weighted by Gasteiger charge is -2.29. The third-order valence-corrected chi connectivity index (χ3v) is 7.50. The lowest BCUT2D eigenvalue weighted by molar-refractivity contribution is 0.313. The Bertz CT molecular complexity index is 1060. The lowest BCUT2D eigenvalue weighted by atomic mass is 9.94. The second-order valence-electron chi connectivity index (χ2n) is 10.7. The largest absolute Gasteiger partial charge is 0.311 e. The number of nitrogens with zero attached hydrogens (tertiary/aromatic N) is 1. The first-order chi connectivity index (χ1) is 17.2. The van der Waals surface area contributed by atoms with Gasteiger partial charge in [-0.2, -0.15) is 0 Å². The molecule has 0 aromatic heterocycles. The first kappa shape index (κ1) is 28.4. The number of rotatable bonds is 14. The second-order valence-corrected chi connectivity index (χ2v) is 12.0. The Hall–Kier alpha value is -2.14. The van der Waals surface area contributed by atoms with E-state index in [9.17, 15) is 4.39 Å². The molecule has 0 aliphatic heterocycles. The molecule has 0 amide bonds. The topological polar surface area (TPSA) is 15.3 Å². The number of halogens is 1. The molecule has 194 valence electrons. The van der Waals surface area contributed by atoms with Gasteiger partial charge in [0.25, 0.3) is 0 Å². The molecule has 0 fully saturated rings. The average molecular weight is 507 g/mol. The van der Waals surface area contributed by atoms with Crippen LogP contribution in [0.1, 0.15) is 58.1 Å². The summed E-state index contributed by atoms with van der Waals surface area (Å²) in [7, 11) is 2.18. The summed E-state index contributed by atoms with van der Waals surface area (Å²) in [6.45, 7) is 11.1. The maximum absolute atomic E-state index is 13.1. The molecule has 0 spiro atoms. The van der Waals surface area contributed by atoms with Crippen molar-refractivity contribution >= 4 is 11.9 Å². The van der Waals surface area contributed by atoms with Gasteiger partial charge < -0.3 is 5.32 Å². The van der Waals surface area contributed by atoms with E-state index in [1.165, 1.54) is 33.6 Å². The van der Waals surface area contributed by atoms with Gasteiger partial charge in [0.2, 0.25) is 0 Å². The molecule has 0 saturated carbocycles. The van der Waals surface area contributed by atoms with Gasteiger partial charge in [0.05, 0.1) is 0 Å². The molecule has 0 aliphatic carbocycles. The molecule has 0 saturated heterocycles. The van der Waals surface area contributed by atoms with Crippen molar-refractivity contribution in [1.82, 2.24) is 9.62 Å². The van der Waals surface area contributed by atoms with E-state index in [-0.39, 0.29) is 11.4 Å². The van der Waals surface area contributed by atoms with Crippen LogP contribution >= 0.6 is 11.9 Å². The summed E-state index contributed by atoms with van der Waals surface area (Å²) < 4.78 is 15.4. The van der Waals surface area contributed by atoms with E-state index in [0.29, 0.717) is 5.92 Å². The molecule has 0 aliphatic rings. The molecule has 0 radical (unpaired) electrons. The predicted molar refractivity (Wildman–Crippen MR) is 155 cm³/mol. The lowest BCUT2D eigenvalue weighted by Crippen LogP contribution is -2.43. The van der Waals surface area contributed by atoms with Gasteiger partial charge >= 0.3 is 0 Å². The van der Waals surface area contributed by atoms with Crippen LogP contribution in [0.15, 0.2) is 77.7 Å². The predicted octanol–water partition coefficient (Wildman–Crippen LogP) is 8.41. The fourth-order valence-electron chi connectivity index (χ4n) is 4.57. The Balaban J connectivity index is 1.44. The molecule has 4 heteroatoms. The van der Waals surface area contributed by atoms with Crippen LogP contribution in [0.5, 0.6) is 0 Å². The quantitative estimate of drug-likeness (QED) is 0.221. The monoisotopic (exact) mass is 506 g/mol. The molecular weight excluding hydrogens is 463 g/mol. The molecular formula is C32H43FN2S. The average Bonchev–Trinajstić information content (AvgIpc) is 2.84. The molecule has 36 heavy (non-hydrogen) atoms. The summed E-state index contributed by atoms with van der Waals surface area (Å²) in [5.74, 6) is 0.371. The van der Waals surface area contributed by atoms with Crippen LogP contribution in [0, 0.1) is 11.7 Å². The maximum atomic E-state index is 13.1. The number of aryl methyl sites for hydroxylation is 2. The summed E-state index contributed by atoms with van der Waals surface area (Å²) in [5.41, 5.74) is 5.27. The Labute approximate surface area is 222 Å². The van der Waals surface area contributed by atoms with E-state index in [1.54, 1.807) is 12.1 Å². The van der Waals surface area contributed by atoms with Crippen molar-refractivity contribution in [3.05, 3.63) is 89.7 Å². The third kappa shape index (κ3) is 9.72. The first-order valence-electron chi connectivity index (χ1n) is 13.3. The Morgan fingerprint density at radius 2 is 1.61 bits per heavy atom. The van der Waals surface area contributed by atoms with Crippen LogP contribution in [0.4, 0.5) is 4.39 Å². The smallest absolute Gasteiger partial charge is 0.123 e. The molecule has 0 bridgehead atoms. The Morgan fingerprint density at radius 3 is 2.33 bits per heavy atom. The van der Waals surface area contributed by atoms with Crippen molar-refractivity contribution in [1.29, 1.82) is 0 Å². The summed E-state index contributed by atoms with van der Waals surface area (Å²) >= 11 is 1.82. The van der Waals surface area contributed by atoms with Crippen molar-refractivity contribution in [2.45, 2.75) is 70.2 Å². The minimum Gasteiger partial charge on any atom is -0.311 e. The van der Waals surface area contributed by atoms with Crippen LogP contribution in [0.2, 0.25) is 0 Å². The van der Waals surface area contributed by atoms with E-state index < -0.39 is 0 Å². The highest BCUT2D eigenvalue weighted by Crippen LogP contribution is 2.28. The van der Waals surface area contributed by atoms with Gasteiger partial charge in [-0.05, 0) is 118 Å². The number of benzene rings is 3. The van der Waals surface area contributed by atoms with Gasteiger partial charge in [0, 0.05) is 17.0 Å². The molecule has 3 aromatic rings. The van der Waals surface area contributed by atoms with Crippen LogP contribution in [-0.4, -0.2) is 30.0 Å². The highest BCUT2D eigenvalue weighted by Gasteiger charge is 2.18. The van der Waals surface area contributed by atoms with E-state index >= 15 is 0 Å². The third-order valence-electron chi connectivity index (χ3n) is 6.57. The summed E-state index contributed by atoms with van der Waals surface area (Å²) in [6, 6.07) is 24.7. The van der Waals surface area contributed by atoms with Crippen molar-refractivity contribution < 1.29 is 4.39 Å². The fraction of sp³-hybridized carbons (Fsp3) is 0.438. The molecule has 0 heterocycles. The van der Waals surface area contributed by atoms with Gasteiger partial charge in [0.1, 0.15) is 5.82 Å². The van der Waals surface area contributed by atoms with Gasteiger partial charge in [0.15, 0.2) is 0 Å². The Morgan fingerprint density at radius 1 is 0.917 bits per heavy atom. The van der Waals surface area contributed by atoms with Crippen molar-refractivity contribution in [2.24, 2.45) is 5.92 Å². The highest BCUT2D eigenvalue weighted by atomic mass is 32.2. The van der Waals surface area contributed by atoms with E-state index in [4.69, 9.17) is 0 Å². The molecule has 1 N–H and O–H groups in total.